The van der Waals surface area contributed by atoms with Crippen molar-refractivity contribution in [2.24, 2.45) is 0 Å². The van der Waals surface area contributed by atoms with Gasteiger partial charge in [0, 0.05) is 62.4 Å². The zero-order valence-corrected chi connectivity index (χ0v) is 16.7. The number of likely N-dealkylation sites (N-methyl/N-ethyl adjacent to an activating group) is 1. The van der Waals surface area contributed by atoms with Crippen LogP contribution in [0.5, 0.6) is 0 Å². The molecule has 152 valence electrons. The predicted molar refractivity (Wildman–Crippen MR) is 108 cm³/mol. The minimum atomic E-state index is -0.482. The molecule has 0 atom stereocenters. The monoisotopic (exact) mass is 396 g/mol. The predicted octanol–water partition coefficient (Wildman–Crippen LogP) is 1.64. The Morgan fingerprint density at radius 2 is 1.90 bits per heavy atom. The first-order valence-corrected chi connectivity index (χ1v) is 9.76. The Morgan fingerprint density at radius 1 is 1.14 bits per heavy atom. The summed E-state index contributed by atoms with van der Waals surface area (Å²) in [6, 6.07) is 5.90. The van der Waals surface area contributed by atoms with Crippen LogP contribution in [0.25, 0.3) is 0 Å². The summed E-state index contributed by atoms with van der Waals surface area (Å²) in [5.41, 5.74) is 2.24. The average molecular weight is 396 g/mol. The van der Waals surface area contributed by atoms with Crippen molar-refractivity contribution in [2.75, 3.05) is 44.7 Å². The van der Waals surface area contributed by atoms with E-state index in [1.54, 1.807) is 17.0 Å². The fourth-order valence-corrected chi connectivity index (χ4v) is 3.91. The van der Waals surface area contributed by atoms with Gasteiger partial charge in [0.1, 0.15) is 11.6 Å². The standard InChI is InChI=1S/C20H24N6O3/c1-14-21-18-6-7-25(20(27)15-4-3-5-16(12-15)26(28)29)13-17(18)19(22-14)24-10-8-23(2)9-11-24/h3-5,12H,6-11,13H2,1-2H3. The number of anilines is 1. The maximum Gasteiger partial charge on any atom is 0.270 e. The molecule has 2 aromatic rings. The van der Waals surface area contributed by atoms with E-state index in [2.05, 4.69) is 21.8 Å². The van der Waals surface area contributed by atoms with Crippen LogP contribution in [-0.2, 0) is 13.0 Å². The summed E-state index contributed by atoms with van der Waals surface area (Å²) in [5.74, 6) is 1.46. The van der Waals surface area contributed by atoms with E-state index in [1.807, 2.05) is 6.92 Å². The van der Waals surface area contributed by atoms with Crippen LogP contribution >= 0.6 is 0 Å². The molecule has 0 spiro atoms. The molecule has 29 heavy (non-hydrogen) atoms. The van der Waals surface area contributed by atoms with Crippen molar-refractivity contribution in [3.05, 3.63) is 57.0 Å². The molecule has 0 radical (unpaired) electrons. The van der Waals surface area contributed by atoms with Crippen LogP contribution in [0.3, 0.4) is 0 Å². The third-order valence-electron chi connectivity index (χ3n) is 5.54. The number of carbonyl (C=O) groups excluding carboxylic acids is 1. The molecule has 1 saturated heterocycles. The highest BCUT2D eigenvalue weighted by molar-refractivity contribution is 5.95. The molecule has 1 amide bonds. The number of non-ortho nitro benzene ring substituents is 1. The quantitative estimate of drug-likeness (QED) is 0.575. The highest BCUT2D eigenvalue weighted by Crippen LogP contribution is 2.28. The number of nitro benzene ring substituents is 1. The SMILES string of the molecule is Cc1nc2c(c(N3CCN(C)CC3)n1)CN(C(=O)c1cccc([N+](=O)[O-])c1)CC2. The minimum absolute atomic E-state index is 0.0784. The second-order valence-electron chi connectivity index (χ2n) is 7.59. The number of nitro groups is 1. The Balaban J connectivity index is 1.61. The van der Waals surface area contributed by atoms with Gasteiger partial charge in [-0.05, 0) is 20.0 Å². The normalized spacial score (nSPS) is 17.2. The maximum atomic E-state index is 13.0. The number of rotatable bonds is 3. The van der Waals surface area contributed by atoms with E-state index >= 15 is 0 Å². The molecule has 1 aromatic carbocycles. The second-order valence-corrected chi connectivity index (χ2v) is 7.59. The topological polar surface area (TPSA) is 95.7 Å². The highest BCUT2D eigenvalue weighted by atomic mass is 16.6. The van der Waals surface area contributed by atoms with Gasteiger partial charge in [0.05, 0.1) is 17.2 Å². The van der Waals surface area contributed by atoms with Gasteiger partial charge in [-0.1, -0.05) is 6.07 Å². The lowest BCUT2D eigenvalue weighted by Gasteiger charge is -2.37. The van der Waals surface area contributed by atoms with Gasteiger partial charge < -0.3 is 14.7 Å². The molecule has 0 N–H and O–H groups in total. The largest absolute Gasteiger partial charge is 0.354 e. The summed E-state index contributed by atoms with van der Waals surface area (Å²) in [4.78, 5) is 39.2. The van der Waals surface area contributed by atoms with Gasteiger partial charge >= 0.3 is 0 Å². The fourth-order valence-electron chi connectivity index (χ4n) is 3.91. The van der Waals surface area contributed by atoms with Crippen LogP contribution in [0, 0.1) is 17.0 Å². The van der Waals surface area contributed by atoms with Crippen LogP contribution < -0.4 is 4.90 Å². The molecule has 0 bridgehead atoms. The number of amides is 1. The summed E-state index contributed by atoms with van der Waals surface area (Å²) >= 11 is 0. The summed E-state index contributed by atoms with van der Waals surface area (Å²) in [6.07, 6.45) is 0.653. The van der Waals surface area contributed by atoms with E-state index in [1.165, 1.54) is 12.1 Å². The third-order valence-corrected chi connectivity index (χ3v) is 5.54. The van der Waals surface area contributed by atoms with E-state index in [4.69, 9.17) is 4.98 Å². The Morgan fingerprint density at radius 3 is 2.62 bits per heavy atom. The number of carbonyl (C=O) groups is 1. The molecule has 1 aromatic heterocycles. The van der Waals surface area contributed by atoms with Gasteiger partial charge in [-0.2, -0.15) is 0 Å². The van der Waals surface area contributed by atoms with Crippen LogP contribution in [0.2, 0.25) is 0 Å². The molecule has 0 unspecified atom stereocenters. The van der Waals surface area contributed by atoms with E-state index < -0.39 is 4.92 Å². The average Bonchev–Trinajstić information content (AvgIpc) is 2.73. The van der Waals surface area contributed by atoms with Crippen LogP contribution in [0.4, 0.5) is 11.5 Å². The van der Waals surface area contributed by atoms with Gasteiger partial charge in [-0.3, -0.25) is 14.9 Å². The van der Waals surface area contributed by atoms with Gasteiger partial charge in [0.2, 0.25) is 0 Å². The van der Waals surface area contributed by atoms with Crippen molar-refractivity contribution in [1.29, 1.82) is 0 Å². The smallest absolute Gasteiger partial charge is 0.270 e. The number of aromatic nitrogens is 2. The Labute approximate surface area is 169 Å². The van der Waals surface area contributed by atoms with Gasteiger partial charge in [-0.25, -0.2) is 9.97 Å². The molecular formula is C20H24N6O3. The first kappa shape index (κ1) is 19.3. The molecule has 4 rings (SSSR count). The molecular weight excluding hydrogens is 372 g/mol. The molecule has 9 heteroatoms. The molecule has 2 aliphatic heterocycles. The second kappa shape index (κ2) is 7.75. The Bertz CT molecular complexity index is 955. The number of fused-ring (bicyclic) bond motifs is 1. The molecule has 3 heterocycles. The maximum absolute atomic E-state index is 13.0. The molecule has 2 aliphatic rings. The third kappa shape index (κ3) is 3.91. The molecule has 1 fully saturated rings. The van der Waals surface area contributed by atoms with E-state index in [0.717, 1.165) is 49.1 Å². The Kier molecular flexibility index (Phi) is 5.14. The number of hydrogen-bond acceptors (Lipinski definition) is 7. The summed E-state index contributed by atoms with van der Waals surface area (Å²) in [7, 11) is 2.11. The van der Waals surface area contributed by atoms with E-state index in [-0.39, 0.29) is 11.6 Å². The van der Waals surface area contributed by atoms with Crippen molar-refractivity contribution in [2.45, 2.75) is 19.9 Å². The lowest BCUT2D eigenvalue weighted by Crippen LogP contribution is -2.46. The van der Waals surface area contributed by atoms with Crippen molar-refractivity contribution >= 4 is 17.4 Å². The van der Waals surface area contributed by atoms with Crippen LogP contribution in [0.15, 0.2) is 24.3 Å². The van der Waals surface area contributed by atoms with Gasteiger partial charge in [0.25, 0.3) is 11.6 Å². The molecule has 0 aliphatic carbocycles. The molecule has 9 nitrogen and oxygen atoms in total. The van der Waals surface area contributed by atoms with Crippen molar-refractivity contribution in [1.82, 2.24) is 19.8 Å². The van der Waals surface area contributed by atoms with Crippen LogP contribution in [0.1, 0.15) is 27.4 Å². The highest BCUT2D eigenvalue weighted by Gasteiger charge is 2.29. The first-order chi connectivity index (χ1) is 13.9. The number of hydrogen-bond donors (Lipinski definition) is 0. The number of piperazine rings is 1. The summed E-state index contributed by atoms with van der Waals surface area (Å²) < 4.78 is 0. The number of aryl methyl sites for hydroxylation is 1. The van der Waals surface area contributed by atoms with Crippen molar-refractivity contribution in [3.8, 4) is 0 Å². The van der Waals surface area contributed by atoms with Crippen molar-refractivity contribution < 1.29 is 9.72 Å². The van der Waals surface area contributed by atoms with Crippen LogP contribution in [-0.4, -0.2) is 70.4 Å². The minimum Gasteiger partial charge on any atom is -0.354 e. The number of benzene rings is 1. The lowest BCUT2D eigenvalue weighted by atomic mass is 10.0. The number of nitrogens with zero attached hydrogens (tertiary/aromatic N) is 6. The fraction of sp³-hybridized carbons (Fsp3) is 0.450. The zero-order valence-electron chi connectivity index (χ0n) is 16.7. The van der Waals surface area contributed by atoms with E-state index in [9.17, 15) is 14.9 Å². The molecule has 0 saturated carbocycles. The zero-order chi connectivity index (χ0) is 20.5. The Hall–Kier alpha value is -3.07. The summed E-state index contributed by atoms with van der Waals surface area (Å²) in [5, 5.41) is 11.0. The van der Waals surface area contributed by atoms with E-state index in [0.29, 0.717) is 25.1 Å². The van der Waals surface area contributed by atoms with Gasteiger partial charge in [-0.15, -0.1) is 0 Å². The lowest BCUT2D eigenvalue weighted by molar-refractivity contribution is -0.384. The van der Waals surface area contributed by atoms with Gasteiger partial charge in [0.15, 0.2) is 0 Å². The van der Waals surface area contributed by atoms with Crippen molar-refractivity contribution in [3.63, 3.8) is 0 Å². The first-order valence-electron chi connectivity index (χ1n) is 9.76. The summed E-state index contributed by atoms with van der Waals surface area (Å²) in [6.45, 7) is 6.56.